The fraction of sp³-hybridized carbons (Fsp3) is 0.263. The van der Waals surface area contributed by atoms with Crippen LogP contribution in [0.5, 0.6) is 0 Å². The molecule has 2 aromatic rings. The van der Waals surface area contributed by atoms with Crippen molar-refractivity contribution in [3.05, 3.63) is 65.7 Å². The van der Waals surface area contributed by atoms with Crippen LogP contribution in [0.2, 0.25) is 0 Å². The summed E-state index contributed by atoms with van der Waals surface area (Å²) in [4.78, 5) is 23.1. The fourth-order valence-corrected chi connectivity index (χ4v) is 2.89. The van der Waals surface area contributed by atoms with E-state index in [0.717, 1.165) is 17.0 Å². The van der Waals surface area contributed by atoms with Crippen LogP contribution in [0.1, 0.15) is 25.0 Å². The zero-order chi connectivity index (χ0) is 17.4. The predicted molar refractivity (Wildman–Crippen MR) is 99.8 cm³/mol. The number of thioether (sulfide) groups is 1. The van der Waals surface area contributed by atoms with Crippen LogP contribution in [0.15, 0.2) is 54.6 Å². The molecule has 0 fully saturated rings. The molecular weight excluding hydrogens is 320 g/mol. The van der Waals surface area contributed by atoms with Crippen LogP contribution in [0.3, 0.4) is 0 Å². The third kappa shape index (κ3) is 6.08. The smallest absolute Gasteiger partial charge is 0.237 e. The van der Waals surface area contributed by atoms with Gasteiger partial charge in [0.05, 0.1) is 5.25 Å². The summed E-state index contributed by atoms with van der Waals surface area (Å²) in [5.74, 6) is 0.743. The number of anilines is 1. The van der Waals surface area contributed by atoms with Crippen molar-refractivity contribution in [2.75, 3.05) is 5.32 Å². The molecule has 2 amide bonds. The van der Waals surface area contributed by atoms with Gasteiger partial charge in [0.2, 0.25) is 11.8 Å². The zero-order valence-electron chi connectivity index (χ0n) is 13.9. The average molecular weight is 342 g/mol. The largest absolute Gasteiger partial charge is 0.352 e. The summed E-state index contributed by atoms with van der Waals surface area (Å²) < 4.78 is 0. The first-order valence-corrected chi connectivity index (χ1v) is 8.89. The van der Waals surface area contributed by atoms with Crippen molar-refractivity contribution in [2.45, 2.75) is 31.4 Å². The lowest BCUT2D eigenvalue weighted by Gasteiger charge is -2.12. The molecule has 0 aliphatic heterocycles. The summed E-state index contributed by atoms with van der Waals surface area (Å²) in [5.41, 5.74) is 2.97. The number of hydrogen-bond donors (Lipinski definition) is 2. The Balaban J connectivity index is 1.81. The minimum Gasteiger partial charge on any atom is -0.352 e. The first-order chi connectivity index (χ1) is 11.5. The number of carbonyl (C=O) groups is 2. The fourth-order valence-electron chi connectivity index (χ4n) is 2.05. The Kier molecular flexibility index (Phi) is 6.88. The van der Waals surface area contributed by atoms with Crippen LogP contribution in [-0.4, -0.2) is 17.1 Å². The summed E-state index contributed by atoms with van der Waals surface area (Å²) in [5, 5.41) is 5.53. The topological polar surface area (TPSA) is 58.2 Å². The molecule has 0 radical (unpaired) electrons. The molecule has 4 nitrogen and oxygen atoms in total. The third-order valence-electron chi connectivity index (χ3n) is 3.47. The Bertz CT molecular complexity index is 672. The molecule has 24 heavy (non-hydrogen) atoms. The van der Waals surface area contributed by atoms with Gasteiger partial charge >= 0.3 is 0 Å². The summed E-state index contributed by atoms with van der Waals surface area (Å²) in [6.07, 6.45) is 0. The molecule has 0 aliphatic carbocycles. The SMILES string of the molecule is CC(=O)NCc1ccc(NC(=O)C(C)SCc2ccccc2)cc1. The van der Waals surface area contributed by atoms with Gasteiger partial charge in [0, 0.05) is 24.9 Å². The molecule has 0 heterocycles. The lowest BCUT2D eigenvalue weighted by molar-refractivity contribution is -0.119. The maximum Gasteiger partial charge on any atom is 0.237 e. The van der Waals surface area contributed by atoms with Crippen molar-refractivity contribution >= 4 is 29.3 Å². The molecule has 2 N–H and O–H groups in total. The maximum absolute atomic E-state index is 12.2. The molecule has 0 spiro atoms. The van der Waals surface area contributed by atoms with E-state index in [1.807, 2.05) is 49.4 Å². The Morgan fingerprint density at radius 2 is 1.67 bits per heavy atom. The van der Waals surface area contributed by atoms with Gasteiger partial charge in [0.25, 0.3) is 0 Å². The van der Waals surface area contributed by atoms with Crippen LogP contribution < -0.4 is 10.6 Å². The molecule has 5 heteroatoms. The number of rotatable bonds is 7. The van der Waals surface area contributed by atoms with Crippen LogP contribution in [-0.2, 0) is 21.9 Å². The highest BCUT2D eigenvalue weighted by Crippen LogP contribution is 2.19. The van der Waals surface area contributed by atoms with Gasteiger partial charge in [-0.2, -0.15) is 0 Å². The minimum absolute atomic E-state index is 0.00876. The molecule has 1 unspecified atom stereocenters. The zero-order valence-corrected chi connectivity index (χ0v) is 14.7. The first-order valence-electron chi connectivity index (χ1n) is 7.84. The highest BCUT2D eigenvalue weighted by Gasteiger charge is 2.13. The van der Waals surface area contributed by atoms with Crippen molar-refractivity contribution < 1.29 is 9.59 Å². The molecule has 0 bridgehead atoms. The van der Waals surface area contributed by atoms with E-state index in [0.29, 0.717) is 6.54 Å². The summed E-state index contributed by atoms with van der Waals surface area (Å²) in [6.45, 7) is 3.89. The van der Waals surface area contributed by atoms with Crippen LogP contribution >= 0.6 is 11.8 Å². The van der Waals surface area contributed by atoms with Crippen molar-refractivity contribution in [2.24, 2.45) is 0 Å². The van der Waals surface area contributed by atoms with E-state index in [9.17, 15) is 9.59 Å². The van der Waals surface area contributed by atoms with E-state index < -0.39 is 0 Å². The van der Waals surface area contributed by atoms with E-state index in [2.05, 4.69) is 22.8 Å². The van der Waals surface area contributed by atoms with Gasteiger partial charge in [0.15, 0.2) is 0 Å². The maximum atomic E-state index is 12.2. The molecule has 2 aromatic carbocycles. The molecule has 0 aliphatic rings. The van der Waals surface area contributed by atoms with Crippen LogP contribution in [0.25, 0.3) is 0 Å². The van der Waals surface area contributed by atoms with E-state index in [1.54, 1.807) is 11.8 Å². The second kappa shape index (κ2) is 9.13. The number of nitrogens with one attached hydrogen (secondary N) is 2. The molecule has 2 rings (SSSR count). The number of amides is 2. The standard InChI is InChI=1S/C19H22N2O2S/c1-14(24-13-17-6-4-3-5-7-17)19(23)21-18-10-8-16(9-11-18)12-20-15(2)22/h3-11,14H,12-13H2,1-2H3,(H,20,22)(H,21,23). The minimum atomic E-state index is -0.135. The Hall–Kier alpha value is -2.27. The molecule has 1 atom stereocenters. The summed E-state index contributed by atoms with van der Waals surface area (Å²) >= 11 is 1.61. The Labute approximate surface area is 147 Å². The molecule has 0 aromatic heterocycles. The molecule has 126 valence electrons. The van der Waals surface area contributed by atoms with E-state index in [-0.39, 0.29) is 17.1 Å². The van der Waals surface area contributed by atoms with Crippen LogP contribution in [0.4, 0.5) is 5.69 Å². The lowest BCUT2D eigenvalue weighted by Crippen LogP contribution is -2.22. The molecule has 0 saturated heterocycles. The predicted octanol–water partition coefficient (Wildman–Crippen LogP) is 3.58. The third-order valence-corrected chi connectivity index (χ3v) is 4.69. The van der Waals surface area contributed by atoms with Crippen molar-refractivity contribution in [1.82, 2.24) is 5.32 Å². The molecular formula is C19H22N2O2S. The van der Waals surface area contributed by atoms with Gasteiger partial charge in [-0.1, -0.05) is 42.5 Å². The van der Waals surface area contributed by atoms with E-state index in [1.165, 1.54) is 12.5 Å². The normalized spacial score (nSPS) is 11.6. The van der Waals surface area contributed by atoms with Crippen molar-refractivity contribution in [1.29, 1.82) is 0 Å². The van der Waals surface area contributed by atoms with Gasteiger partial charge in [-0.3, -0.25) is 9.59 Å². The monoisotopic (exact) mass is 342 g/mol. The van der Waals surface area contributed by atoms with E-state index in [4.69, 9.17) is 0 Å². The highest BCUT2D eigenvalue weighted by atomic mass is 32.2. The summed E-state index contributed by atoms with van der Waals surface area (Å²) in [7, 11) is 0. The van der Waals surface area contributed by atoms with Crippen molar-refractivity contribution in [3.8, 4) is 0 Å². The van der Waals surface area contributed by atoms with Gasteiger partial charge in [0.1, 0.15) is 0 Å². The first kappa shape index (κ1) is 18.1. The van der Waals surface area contributed by atoms with E-state index >= 15 is 0 Å². The summed E-state index contributed by atoms with van der Waals surface area (Å²) in [6, 6.07) is 17.6. The van der Waals surface area contributed by atoms with Gasteiger partial charge in [-0.25, -0.2) is 0 Å². The van der Waals surface area contributed by atoms with Crippen LogP contribution in [0, 0.1) is 0 Å². The second-order valence-electron chi connectivity index (χ2n) is 5.53. The highest BCUT2D eigenvalue weighted by molar-refractivity contribution is 7.99. The Morgan fingerprint density at radius 3 is 2.29 bits per heavy atom. The lowest BCUT2D eigenvalue weighted by atomic mass is 10.2. The number of carbonyl (C=O) groups excluding carboxylic acids is 2. The molecule has 0 saturated carbocycles. The number of hydrogen-bond acceptors (Lipinski definition) is 3. The Morgan fingerprint density at radius 1 is 1.00 bits per heavy atom. The second-order valence-corrected chi connectivity index (χ2v) is 6.86. The van der Waals surface area contributed by atoms with Crippen molar-refractivity contribution in [3.63, 3.8) is 0 Å². The average Bonchev–Trinajstić information content (AvgIpc) is 2.59. The van der Waals surface area contributed by atoms with Gasteiger partial charge in [-0.05, 0) is 30.2 Å². The quantitative estimate of drug-likeness (QED) is 0.808. The van der Waals surface area contributed by atoms with Gasteiger partial charge < -0.3 is 10.6 Å². The van der Waals surface area contributed by atoms with Gasteiger partial charge in [-0.15, -0.1) is 11.8 Å². The number of benzene rings is 2.